The monoisotopic (exact) mass is 497 g/mol. The Balaban J connectivity index is 1.29. The predicted molar refractivity (Wildman–Crippen MR) is 131 cm³/mol. The average molecular weight is 498 g/mol. The number of aryl methyl sites for hydroxylation is 1. The molecule has 184 valence electrons. The van der Waals surface area contributed by atoms with E-state index in [2.05, 4.69) is 30.6 Å². The van der Waals surface area contributed by atoms with Crippen LogP contribution in [0.1, 0.15) is 66.1 Å². The van der Waals surface area contributed by atoms with E-state index in [1.54, 1.807) is 11.1 Å². The first-order valence-corrected chi connectivity index (χ1v) is 12.8. The molecule has 1 aliphatic heterocycles. The van der Waals surface area contributed by atoms with E-state index in [0.717, 1.165) is 36.9 Å². The van der Waals surface area contributed by atoms with Gasteiger partial charge in [0.1, 0.15) is 10.5 Å². The molecule has 35 heavy (non-hydrogen) atoms. The molecule has 3 aromatic rings. The van der Waals surface area contributed by atoms with Crippen molar-refractivity contribution in [1.29, 1.82) is 0 Å². The van der Waals surface area contributed by atoms with Crippen molar-refractivity contribution >= 4 is 39.4 Å². The number of aromatic nitrogens is 4. The van der Waals surface area contributed by atoms with Crippen molar-refractivity contribution in [2.24, 2.45) is 5.92 Å². The van der Waals surface area contributed by atoms with Gasteiger partial charge >= 0.3 is 0 Å². The number of halogens is 1. The zero-order valence-corrected chi connectivity index (χ0v) is 20.6. The Hall–Kier alpha value is -3.21. The molecule has 2 fully saturated rings. The number of amides is 2. The van der Waals surface area contributed by atoms with Crippen LogP contribution in [0.25, 0.3) is 10.3 Å². The van der Waals surface area contributed by atoms with E-state index in [4.69, 9.17) is 0 Å². The molecule has 11 heteroatoms. The first kappa shape index (κ1) is 23.5. The van der Waals surface area contributed by atoms with Gasteiger partial charge in [0.15, 0.2) is 11.3 Å². The lowest BCUT2D eigenvalue weighted by atomic mass is 9.88. The number of fused-ring (bicyclic) bond motifs is 1. The molecule has 1 saturated heterocycles. The molecule has 4 heterocycles. The maximum absolute atomic E-state index is 13.6. The molecule has 1 saturated carbocycles. The Morgan fingerprint density at radius 1 is 1.14 bits per heavy atom. The first-order chi connectivity index (χ1) is 16.9. The molecule has 9 nitrogen and oxygen atoms in total. The summed E-state index contributed by atoms with van der Waals surface area (Å²) in [6.07, 6.45) is 8.03. The van der Waals surface area contributed by atoms with Crippen molar-refractivity contribution in [3.8, 4) is 0 Å². The number of hydrogen-bond donors (Lipinski definition) is 2. The lowest BCUT2D eigenvalue weighted by Crippen LogP contribution is -2.61. The van der Waals surface area contributed by atoms with Crippen LogP contribution in [0.4, 0.5) is 10.3 Å². The van der Waals surface area contributed by atoms with Gasteiger partial charge in [-0.15, -0.1) is 11.3 Å². The highest BCUT2D eigenvalue weighted by atomic mass is 32.1. The quantitative estimate of drug-likeness (QED) is 0.535. The number of nitrogens with zero attached hydrogens (tertiary/aromatic N) is 5. The zero-order chi connectivity index (χ0) is 24.5. The minimum atomic E-state index is -0.429. The minimum absolute atomic E-state index is 0.0352. The highest BCUT2D eigenvalue weighted by Gasteiger charge is 2.35. The summed E-state index contributed by atoms with van der Waals surface area (Å²) in [6.45, 7) is 4.60. The van der Waals surface area contributed by atoms with Crippen molar-refractivity contribution in [1.82, 2.24) is 30.2 Å². The number of anilines is 1. The van der Waals surface area contributed by atoms with Gasteiger partial charge < -0.3 is 15.5 Å². The summed E-state index contributed by atoms with van der Waals surface area (Å²) in [7, 11) is 0. The van der Waals surface area contributed by atoms with Crippen molar-refractivity contribution in [3.05, 3.63) is 40.5 Å². The number of pyridine rings is 1. The third-order valence-corrected chi connectivity index (χ3v) is 7.59. The summed E-state index contributed by atoms with van der Waals surface area (Å²) in [5, 5.41) is 7.02. The fourth-order valence-corrected chi connectivity index (χ4v) is 5.49. The number of likely N-dealkylation sites (tertiary alicyclic amines) is 1. The van der Waals surface area contributed by atoms with Crippen molar-refractivity contribution in [3.63, 3.8) is 0 Å². The number of thiazole rings is 1. The molecular weight excluding hydrogens is 469 g/mol. The molecule has 0 aromatic carbocycles. The van der Waals surface area contributed by atoms with Crippen LogP contribution in [0.15, 0.2) is 18.5 Å². The lowest BCUT2D eigenvalue weighted by molar-refractivity contribution is -0.127. The van der Waals surface area contributed by atoms with Gasteiger partial charge in [-0.1, -0.05) is 19.3 Å². The van der Waals surface area contributed by atoms with Gasteiger partial charge in [0, 0.05) is 25.2 Å². The number of nitrogens with one attached hydrogen (secondary N) is 2. The van der Waals surface area contributed by atoms with E-state index in [1.807, 2.05) is 13.8 Å². The van der Waals surface area contributed by atoms with Crippen LogP contribution in [0, 0.1) is 18.7 Å². The second-order valence-corrected chi connectivity index (χ2v) is 10.5. The molecule has 0 bridgehead atoms. The molecule has 0 spiro atoms. The fourth-order valence-electron chi connectivity index (χ4n) is 4.65. The minimum Gasteiger partial charge on any atom is -0.350 e. The van der Waals surface area contributed by atoms with Crippen molar-refractivity contribution in [2.45, 2.75) is 58.0 Å². The molecule has 3 aromatic heterocycles. The lowest BCUT2D eigenvalue weighted by Gasteiger charge is -2.40. The van der Waals surface area contributed by atoms with Gasteiger partial charge in [-0.25, -0.2) is 14.4 Å². The Morgan fingerprint density at radius 2 is 1.91 bits per heavy atom. The second kappa shape index (κ2) is 9.80. The maximum atomic E-state index is 13.6. The van der Waals surface area contributed by atoms with Crippen LogP contribution < -0.4 is 10.6 Å². The SMILES string of the molecule is Cc1nc2nc(NC(C)c3cncc(F)c3)nc(C(=O)N3CC(NC(=O)C4CCCCC4)C3)c2s1. The van der Waals surface area contributed by atoms with Gasteiger partial charge in [-0.2, -0.15) is 4.98 Å². The molecule has 1 atom stereocenters. The van der Waals surface area contributed by atoms with Crippen LogP contribution in [0.2, 0.25) is 0 Å². The Morgan fingerprint density at radius 3 is 2.66 bits per heavy atom. The smallest absolute Gasteiger partial charge is 0.274 e. The summed E-state index contributed by atoms with van der Waals surface area (Å²) in [5.74, 6) is -0.199. The van der Waals surface area contributed by atoms with E-state index in [9.17, 15) is 14.0 Å². The van der Waals surface area contributed by atoms with E-state index in [0.29, 0.717) is 29.0 Å². The van der Waals surface area contributed by atoms with E-state index in [-0.39, 0.29) is 41.5 Å². The molecule has 1 unspecified atom stereocenters. The Labute approximate surface area is 206 Å². The normalized spacial score (nSPS) is 17.7. The van der Waals surface area contributed by atoms with Gasteiger partial charge in [-0.3, -0.25) is 14.6 Å². The van der Waals surface area contributed by atoms with E-state index < -0.39 is 5.82 Å². The van der Waals surface area contributed by atoms with Crippen LogP contribution in [-0.4, -0.2) is 55.8 Å². The van der Waals surface area contributed by atoms with Gasteiger partial charge in [0.2, 0.25) is 11.9 Å². The van der Waals surface area contributed by atoms with Gasteiger partial charge in [0.05, 0.1) is 23.3 Å². The maximum Gasteiger partial charge on any atom is 0.274 e. The summed E-state index contributed by atoms with van der Waals surface area (Å²) in [4.78, 5) is 44.9. The third-order valence-electron chi connectivity index (χ3n) is 6.63. The highest BCUT2D eigenvalue weighted by Crippen LogP contribution is 2.28. The predicted octanol–water partition coefficient (Wildman–Crippen LogP) is 3.62. The molecule has 1 aliphatic carbocycles. The zero-order valence-electron chi connectivity index (χ0n) is 19.8. The fraction of sp³-hybridized carbons (Fsp3) is 0.500. The van der Waals surface area contributed by atoms with Crippen LogP contribution >= 0.6 is 11.3 Å². The second-order valence-electron chi connectivity index (χ2n) is 9.33. The van der Waals surface area contributed by atoms with Gasteiger partial charge in [0.25, 0.3) is 5.91 Å². The summed E-state index contributed by atoms with van der Waals surface area (Å²) < 4.78 is 14.2. The third kappa shape index (κ3) is 5.09. The molecule has 5 rings (SSSR count). The molecule has 0 radical (unpaired) electrons. The molecule has 2 N–H and O–H groups in total. The number of carbonyl (C=O) groups is 2. The Bertz CT molecular complexity index is 1250. The topological polar surface area (TPSA) is 113 Å². The first-order valence-electron chi connectivity index (χ1n) is 12.0. The number of rotatable bonds is 6. The number of hydrogen-bond acceptors (Lipinski definition) is 8. The van der Waals surface area contributed by atoms with Gasteiger partial charge in [-0.05, 0) is 38.3 Å². The standard InChI is InChI=1S/C24H28FN7O2S/c1-13(16-8-17(25)10-26-9-16)27-24-30-19(20-21(31-24)28-14(2)35-20)23(34)32-11-18(12-32)29-22(33)15-6-4-3-5-7-15/h8-10,13,15,18H,3-7,11-12H2,1-2H3,(H,29,33)(H,27,30,31). The van der Waals surface area contributed by atoms with Crippen molar-refractivity contribution in [2.75, 3.05) is 18.4 Å². The average Bonchev–Trinajstić information content (AvgIpc) is 3.20. The summed E-state index contributed by atoms with van der Waals surface area (Å²) in [5.41, 5.74) is 1.36. The molecule has 2 aliphatic rings. The summed E-state index contributed by atoms with van der Waals surface area (Å²) >= 11 is 1.37. The van der Waals surface area contributed by atoms with Crippen LogP contribution in [-0.2, 0) is 4.79 Å². The number of carbonyl (C=O) groups excluding carboxylic acids is 2. The van der Waals surface area contributed by atoms with Crippen LogP contribution in [0.5, 0.6) is 0 Å². The summed E-state index contributed by atoms with van der Waals surface area (Å²) in [6, 6.07) is 1.03. The Kier molecular flexibility index (Phi) is 6.59. The largest absolute Gasteiger partial charge is 0.350 e. The highest BCUT2D eigenvalue weighted by molar-refractivity contribution is 7.18. The van der Waals surface area contributed by atoms with Crippen molar-refractivity contribution < 1.29 is 14.0 Å². The van der Waals surface area contributed by atoms with Crippen LogP contribution in [0.3, 0.4) is 0 Å². The van der Waals surface area contributed by atoms with E-state index >= 15 is 0 Å². The van der Waals surface area contributed by atoms with E-state index in [1.165, 1.54) is 23.8 Å². The molecule has 2 amide bonds. The molecular formula is C24H28FN7O2S.